The molecule has 1 atom stereocenters. The predicted octanol–water partition coefficient (Wildman–Crippen LogP) is 0.704. The summed E-state index contributed by atoms with van der Waals surface area (Å²) in [6, 6.07) is 0. The van der Waals surface area contributed by atoms with Crippen LogP contribution in [0.1, 0.15) is 32.6 Å². The summed E-state index contributed by atoms with van der Waals surface area (Å²) >= 11 is 0. The molecule has 0 radical (unpaired) electrons. The number of carbonyl (C=O) groups is 2. The second kappa shape index (κ2) is 3.26. The Labute approximate surface area is 83.2 Å². The molecule has 2 saturated heterocycles. The van der Waals surface area contributed by atoms with Crippen LogP contribution in [0.15, 0.2) is 0 Å². The van der Waals surface area contributed by atoms with E-state index in [0.717, 1.165) is 25.8 Å². The molecule has 4 heteroatoms. The number of hydrogen-bond acceptors (Lipinski definition) is 3. The van der Waals surface area contributed by atoms with Crippen LogP contribution in [0, 0.1) is 0 Å². The van der Waals surface area contributed by atoms with Gasteiger partial charge in [-0.05, 0) is 19.3 Å². The van der Waals surface area contributed by atoms with Gasteiger partial charge in [-0.3, -0.25) is 9.59 Å². The first-order chi connectivity index (χ1) is 6.61. The monoisotopic (exact) mass is 197 g/mol. The first-order valence-electron chi connectivity index (χ1n) is 5.09. The van der Waals surface area contributed by atoms with Gasteiger partial charge in [-0.25, -0.2) is 0 Å². The van der Waals surface area contributed by atoms with Gasteiger partial charge in [0, 0.05) is 19.9 Å². The Kier molecular flexibility index (Phi) is 2.21. The average Bonchev–Trinajstić information content (AvgIpc) is 2.47. The van der Waals surface area contributed by atoms with Crippen LogP contribution < -0.4 is 0 Å². The second-order valence-corrected chi connectivity index (χ2v) is 4.20. The number of nitrogens with zero attached hydrogens (tertiary/aromatic N) is 1. The molecule has 2 fully saturated rings. The van der Waals surface area contributed by atoms with Gasteiger partial charge < -0.3 is 9.64 Å². The van der Waals surface area contributed by atoms with Crippen LogP contribution in [0.5, 0.6) is 0 Å². The molecular weight excluding hydrogens is 182 g/mol. The highest BCUT2D eigenvalue weighted by Gasteiger charge is 2.44. The minimum atomic E-state index is -0.346. The lowest BCUT2D eigenvalue weighted by Gasteiger charge is -2.38. The van der Waals surface area contributed by atoms with Gasteiger partial charge in [0.05, 0.1) is 6.54 Å². The number of esters is 1. The van der Waals surface area contributed by atoms with Gasteiger partial charge >= 0.3 is 5.97 Å². The summed E-state index contributed by atoms with van der Waals surface area (Å²) < 4.78 is 5.34. The molecule has 1 amide bonds. The van der Waals surface area contributed by atoms with Crippen LogP contribution in [0.3, 0.4) is 0 Å². The lowest BCUT2D eigenvalue weighted by atomic mass is 9.90. The third-order valence-electron chi connectivity index (χ3n) is 3.10. The number of carbonyl (C=O) groups excluding carboxylic acids is 2. The number of piperidine rings is 1. The van der Waals surface area contributed by atoms with Crippen LogP contribution in [0.2, 0.25) is 0 Å². The maximum Gasteiger partial charge on any atom is 0.306 e. The SMILES string of the molecule is CC(=O)N1CCCC2(CCC(=O)O2)C1. The Morgan fingerprint density at radius 1 is 1.50 bits per heavy atom. The number of rotatable bonds is 0. The van der Waals surface area contributed by atoms with E-state index < -0.39 is 0 Å². The van der Waals surface area contributed by atoms with Crippen LogP contribution in [0.4, 0.5) is 0 Å². The van der Waals surface area contributed by atoms with Crippen LogP contribution in [0.25, 0.3) is 0 Å². The fourth-order valence-electron chi connectivity index (χ4n) is 2.33. The number of amides is 1. The third kappa shape index (κ3) is 1.61. The summed E-state index contributed by atoms with van der Waals surface area (Å²) in [4.78, 5) is 24.1. The highest BCUT2D eigenvalue weighted by Crippen LogP contribution is 2.34. The number of ether oxygens (including phenoxy) is 1. The van der Waals surface area contributed by atoms with E-state index >= 15 is 0 Å². The minimum absolute atomic E-state index is 0.0759. The van der Waals surface area contributed by atoms with Gasteiger partial charge in [0.1, 0.15) is 5.60 Å². The highest BCUT2D eigenvalue weighted by atomic mass is 16.6. The Morgan fingerprint density at radius 3 is 2.86 bits per heavy atom. The van der Waals surface area contributed by atoms with Gasteiger partial charge in [-0.15, -0.1) is 0 Å². The van der Waals surface area contributed by atoms with Crippen molar-refractivity contribution in [2.75, 3.05) is 13.1 Å². The van der Waals surface area contributed by atoms with Crippen molar-refractivity contribution in [2.24, 2.45) is 0 Å². The Morgan fingerprint density at radius 2 is 2.29 bits per heavy atom. The quantitative estimate of drug-likeness (QED) is 0.537. The Balaban J connectivity index is 2.06. The molecule has 4 nitrogen and oxygen atoms in total. The van der Waals surface area contributed by atoms with E-state index in [1.807, 2.05) is 0 Å². The van der Waals surface area contributed by atoms with Gasteiger partial charge in [0.15, 0.2) is 0 Å². The molecule has 0 aromatic rings. The van der Waals surface area contributed by atoms with Crippen molar-refractivity contribution in [3.8, 4) is 0 Å². The van der Waals surface area contributed by atoms with Crippen LogP contribution in [-0.2, 0) is 14.3 Å². The maximum atomic E-state index is 11.2. The molecule has 2 aliphatic heterocycles. The second-order valence-electron chi connectivity index (χ2n) is 4.20. The molecule has 2 rings (SSSR count). The zero-order chi connectivity index (χ0) is 10.2. The van der Waals surface area contributed by atoms with Crippen molar-refractivity contribution < 1.29 is 14.3 Å². The van der Waals surface area contributed by atoms with Crippen LogP contribution in [-0.4, -0.2) is 35.5 Å². The van der Waals surface area contributed by atoms with Crippen molar-refractivity contribution in [2.45, 2.75) is 38.2 Å². The average molecular weight is 197 g/mol. The summed E-state index contributed by atoms with van der Waals surface area (Å²) in [6.45, 7) is 2.96. The number of likely N-dealkylation sites (tertiary alicyclic amines) is 1. The summed E-state index contributed by atoms with van der Waals surface area (Å²) in [5, 5.41) is 0. The van der Waals surface area contributed by atoms with E-state index in [-0.39, 0.29) is 17.5 Å². The van der Waals surface area contributed by atoms with Crippen molar-refractivity contribution in [3.05, 3.63) is 0 Å². The van der Waals surface area contributed by atoms with E-state index in [4.69, 9.17) is 4.74 Å². The normalized spacial score (nSPS) is 32.1. The van der Waals surface area contributed by atoms with Crippen molar-refractivity contribution >= 4 is 11.9 Å². The lowest BCUT2D eigenvalue weighted by molar-refractivity contribution is -0.156. The highest BCUT2D eigenvalue weighted by molar-refractivity contribution is 5.75. The molecule has 0 saturated carbocycles. The minimum Gasteiger partial charge on any atom is -0.457 e. The third-order valence-corrected chi connectivity index (χ3v) is 3.10. The predicted molar refractivity (Wildman–Crippen MR) is 49.5 cm³/mol. The number of hydrogen-bond donors (Lipinski definition) is 0. The maximum absolute atomic E-state index is 11.2. The zero-order valence-corrected chi connectivity index (χ0v) is 8.41. The molecular formula is C10H15NO3. The fourth-order valence-corrected chi connectivity index (χ4v) is 2.33. The Bertz CT molecular complexity index is 277. The molecule has 0 aromatic heterocycles. The van der Waals surface area contributed by atoms with Gasteiger partial charge in [-0.2, -0.15) is 0 Å². The Hall–Kier alpha value is -1.06. The summed E-state index contributed by atoms with van der Waals surface area (Å²) in [5.41, 5.74) is -0.346. The molecule has 1 unspecified atom stereocenters. The molecule has 1 spiro atoms. The van der Waals surface area contributed by atoms with Crippen LogP contribution >= 0.6 is 0 Å². The molecule has 2 heterocycles. The van der Waals surface area contributed by atoms with E-state index in [1.54, 1.807) is 11.8 Å². The smallest absolute Gasteiger partial charge is 0.306 e. The molecule has 0 aliphatic carbocycles. The largest absolute Gasteiger partial charge is 0.457 e. The molecule has 0 N–H and O–H groups in total. The van der Waals surface area contributed by atoms with E-state index in [0.29, 0.717) is 13.0 Å². The molecule has 78 valence electrons. The van der Waals surface area contributed by atoms with Crippen molar-refractivity contribution in [3.63, 3.8) is 0 Å². The zero-order valence-electron chi connectivity index (χ0n) is 8.41. The van der Waals surface area contributed by atoms with Gasteiger partial charge in [-0.1, -0.05) is 0 Å². The first kappa shape index (κ1) is 9.49. The summed E-state index contributed by atoms with van der Waals surface area (Å²) in [7, 11) is 0. The molecule has 0 bridgehead atoms. The fraction of sp³-hybridized carbons (Fsp3) is 0.800. The van der Waals surface area contributed by atoms with Gasteiger partial charge in [0.2, 0.25) is 5.91 Å². The van der Waals surface area contributed by atoms with E-state index in [9.17, 15) is 9.59 Å². The molecule has 14 heavy (non-hydrogen) atoms. The lowest BCUT2D eigenvalue weighted by Crippen LogP contribution is -2.49. The van der Waals surface area contributed by atoms with Crippen molar-refractivity contribution in [1.29, 1.82) is 0 Å². The summed E-state index contributed by atoms with van der Waals surface area (Å²) in [5.74, 6) is -0.0394. The van der Waals surface area contributed by atoms with Gasteiger partial charge in [0.25, 0.3) is 0 Å². The van der Waals surface area contributed by atoms with Crippen molar-refractivity contribution in [1.82, 2.24) is 4.90 Å². The molecule has 2 aliphatic rings. The standard InChI is InChI=1S/C10H15NO3/c1-8(12)11-6-2-4-10(7-11)5-3-9(13)14-10/h2-7H2,1H3. The first-order valence-corrected chi connectivity index (χ1v) is 5.09. The topological polar surface area (TPSA) is 46.6 Å². The van der Waals surface area contributed by atoms with E-state index in [1.165, 1.54) is 0 Å². The summed E-state index contributed by atoms with van der Waals surface area (Å²) in [6.07, 6.45) is 3.12. The molecule has 0 aromatic carbocycles. The van der Waals surface area contributed by atoms with E-state index in [2.05, 4.69) is 0 Å².